The van der Waals surface area contributed by atoms with E-state index < -0.39 is 11.7 Å². The van der Waals surface area contributed by atoms with Crippen molar-refractivity contribution in [3.05, 3.63) is 24.2 Å². The van der Waals surface area contributed by atoms with Crippen LogP contribution in [0, 0.1) is 5.92 Å². The number of alkyl carbamates (subject to hydrolysis) is 1. The standard InChI is InChI=1S/C19H29NO6/c1-13(6-8-16(21)14-10-11-25-12-14)15(7-9-17(22)24-5)20-18(23)26-19(2,3)4/h10-13,15H,6-9H2,1-5H3,(H,20,23)/t13-,15+/m1/s1. The molecule has 1 heterocycles. The fraction of sp³-hybridized carbons (Fsp3) is 0.632. The van der Waals surface area contributed by atoms with Crippen LogP contribution in [0.4, 0.5) is 4.79 Å². The van der Waals surface area contributed by atoms with Crippen molar-refractivity contribution in [2.24, 2.45) is 5.92 Å². The summed E-state index contributed by atoms with van der Waals surface area (Å²) in [5, 5.41) is 2.81. The lowest BCUT2D eigenvalue weighted by Crippen LogP contribution is -2.42. The first-order valence-electron chi connectivity index (χ1n) is 8.74. The van der Waals surface area contributed by atoms with Crippen molar-refractivity contribution in [1.29, 1.82) is 0 Å². The molecule has 0 unspecified atom stereocenters. The summed E-state index contributed by atoms with van der Waals surface area (Å²) >= 11 is 0. The maximum absolute atomic E-state index is 12.1. The molecule has 0 bridgehead atoms. The van der Waals surface area contributed by atoms with Crippen LogP contribution in [0.2, 0.25) is 0 Å². The van der Waals surface area contributed by atoms with Gasteiger partial charge in [0.1, 0.15) is 11.9 Å². The number of Topliss-reactive ketones (excluding diaryl/α,β-unsaturated/α-hetero) is 1. The summed E-state index contributed by atoms with van der Waals surface area (Å²) in [5.41, 5.74) is -0.0827. The summed E-state index contributed by atoms with van der Waals surface area (Å²) in [6.45, 7) is 7.27. The van der Waals surface area contributed by atoms with Crippen molar-refractivity contribution < 1.29 is 28.3 Å². The van der Waals surface area contributed by atoms with E-state index >= 15 is 0 Å². The van der Waals surface area contributed by atoms with Crippen LogP contribution >= 0.6 is 0 Å². The Kier molecular flexibility index (Phi) is 8.35. The molecule has 1 amide bonds. The lowest BCUT2D eigenvalue weighted by Gasteiger charge is -2.27. The van der Waals surface area contributed by atoms with Crippen LogP contribution in [0.15, 0.2) is 23.0 Å². The number of nitrogens with one attached hydrogen (secondary N) is 1. The van der Waals surface area contributed by atoms with Crippen LogP contribution < -0.4 is 5.32 Å². The minimum absolute atomic E-state index is 0.0189. The Hall–Kier alpha value is -2.31. The van der Waals surface area contributed by atoms with Gasteiger partial charge in [-0.25, -0.2) is 4.79 Å². The average molecular weight is 367 g/mol. The zero-order valence-corrected chi connectivity index (χ0v) is 16.2. The number of hydrogen-bond acceptors (Lipinski definition) is 6. The Balaban J connectivity index is 2.64. The van der Waals surface area contributed by atoms with E-state index in [2.05, 4.69) is 10.1 Å². The van der Waals surface area contributed by atoms with Gasteiger partial charge in [-0.05, 0) is 45.6 Å². The van der Waals surface area contributed by atoms with Gasteiger partial charge in [0.2, 0.25) is 0 Å². The van der Waals surface area contributed by atoms with Crippen molar-refractivity contribution >= 4 is 17.8 Å². The number of ether oxygens (including phenoxy) is 2. The van der Waals surface area contributed by atoms with E-state index in [4.69, 9.17) is 9.15 Å². The smallest absolute Gasteiger partial charge is 0.407 e. The van der Waals surface area contributed by atoms with Gasteiger partial charge in [0.15, 0.2) is 5.78 Å². The van der Waals surface area contributed by atoms with E-state index in [9.17, 15) is 14.4 Å². The third-order valence-electron chi connectivity index (χ3n) is 3.95. The fourth-order valence-corrected chi connectivity index (χ4v) is 2.46. The molecule has 0 aromatic carbocycles. The molecule has 1 aromatic rings. The molecular formula is C19H29NO6. The number of carbonyl (C=O) groups is 3. The van der Waals surface area contributed by atoms with E-state index in [1.807, 2.05) is 6.92 Å². The van der Waals surface area contributed by atoms with Crippen molar-refractivity contribution in [1.82, 2.24) is 5.32 Å². The van der Waals surface area contributed by atoms with E-state index in [0.717, 1.165) is 0 Å². The van der Waals surface area contributed by atoms with Gasteiger partial charge in [0.05, 0.1) is 18.9 Å². The number of carbonyl (C=O) groups excluding carboxylic acids is 3. The zero-order chi connectivity index (χ0) is 19.7. The van der Waals surface area contributed by atoms with Gasteiger partial charge in [-0.1, -0.05) is 6.92 Å². The molecule has 0 spiro atoms. The number of rotatable bonds is 9. The number of methoxy groups -OCH3 is 1. The van der Waals surface area contributed by atoms with Gasteiger partial charge in [0, 0.05) is 18.9 Å². The highest BCUT2D eigenvalue weighted by Gasteiger charge is 2.25. The Labute approximate surface area is 154 Å². The largest absolute Gasteiger partial charge is 0.472 e. The summed E-state index contributed by atoms with van der Waals surface area (Å²) in [4.78, 5) is 35.6. The Morgan fingerprint density at radius 1 is 1.19 bits per heavy atom. The third-order valence-corrected chi connectivity index (χ3v) is 3.95. The molecule has 1 rings (SSSR count). The summed E-state index contributed by atoms with van der Waals surface area (Å²) in [6.07, 6.45) is 3.81. The fourth-order valence-electron chi connectivity index (χ4n) is 2.46. The van der Waals surface area contributed by atoms with Crippen LogP contribution in [-0.2, 0) is 14.3 Å². The predicted molar refractivity (Wildman–Crippen MR) is 95.8 cm³/mol. The second-order valence-corrected chi connectivity index (χ2v) is 7.32. The second-order valence-electron chi connectivity index (χ2n) is 7.32. The number of ketones is 1. The molecule has 0 saturated heterocycles. The average Bonchev–Trinajstić information content (AvgIpc) is 3.08. The van der Waals surface area contributed by atoms with Crippen LogP contribution in [0.1, 0.15) is 63.7 Å². The quantitative estimate of drug-likeness (QED) is 0.528. The first kappa shape index (κ1) is 21.7. The van der Waals surface area contributed by atoms with Crippen LogP contribution in [0.5, 0.6) is 0 Å². The molecule has 0 aliphatic carbocycles. The maximum atomic E-state index is 12.1. The van der Waals surface area contributed by atoms with Gasteiger partial charge < -0.3 is 19.2 Å². The lowest BCUT2D eigenvalue weighted by atomic mass is 9.91. The molecule has 26 heavy (non-hydrogen) atoms. The van der Waals surface area contributed by atoms with Crippen molar-refractivity contribution in [2.45, 2.75) is 65.0 Å². The molecule has 1 N–H and O–H groups in total. The summed E-state index contributed by atoms with van der Waals surface area (Å²) in [6, 6.07) is 1.32. The van der Waals surface area contributed by atoms with Gasteiger partial charge >= 0.3 is 12.1 Å². The summed E-state index contributed by atoms with van der Waals surface area (Å²) in [5.74, 6) is -0.389. The predicted octanol–water partition coefficient (Wildman–Crippen LogP) is 3.73. The molecule has 7 nitrogen and oxygen atoms in total. The van der Waals surface area contributed by atoms with Gasteiger partial charge in [-0.15, -0.1) is 0 Å². The van der Waals surface area contributed by atoms with E-state index in [1.54, 1.807) is 26.8 Å². The third kappa shape index (κ3) is 8.18. The minimum Gasteiger partial charge on any atom is -0.472 e. The van der Waals surface area contributed by atoms with Crippen molar-refractivity contribution in [3.8, 4) is 0 Å². The topological polar surface area (TPSA) is 94.8 Å². The monoisotopic (exact) mass is 367 g/mol. The molecule has 0 aliphatic heterocycles. The molecule has 0 fully saturated rings. The summed E-state index contributed by atoms with van der Waals surface area (Å²) in [7, 11) is 1.33. The number of furan rings is 1. The Morgan fingerprint density at radius 2 is 1.88 bits per heavy atom. The van der Waals surface area contributed by atoms with Gasteiger partial charge in [-0.3, -0.25) is 9.59 Å². The van der Waals surface area contributed by atoms with Crippen LogP contribution in [0.25, 0.3) is 0 Å². The van der Waals surface area contributed by atoms with Crippen molar-refractivity contribution in [3.63, 3.8) is 0 Å². The van der Waals surface area contributed by atoms with Crippen LogP contribution in [-0.4, -0.2) is 36.6 Å². The summed E-state index contributed by atoms with van der Waals surface area (Å²) < 4.78 is 14.9. The van der Waals surface area contributed by atoms with Gasteiger partial charge in [-0.2, -0.15) is 0 Å². The molecule has 0 saturated carbocycles. The number of hydrogen-bond donors (Lipinski definition) is 1. The van der Waals surface area contributed by atoms with E-state index in [1.165, 1.54) is 19.6 Å². The molecule has 2 atom stereocenters. The molecular weight excluding hydrogens is 338 g/mol. The Morgan fingerprint density at radius 3 is 2.42 bits per heavy atom. The highest BCUT2D eigenvalue weighted by molar-refractivity contribution is 5.95. The Bertz CT molecular complexity index is 588. The van der Waals surface area contributed by atoms with E-state index in [0.29, 0.717) is 24.8 Å². The first-order valence-corrected chi connectivity index (χ1v) is 8.74. The van der Waals surface area contributed by atoms with Crippen LogP contribution in [0.3, 0.4) is 0 Å². The molecule has 0 radical (unpaired) electrons. The molecule has 146 valence electrons. The molecule has 1 aromatic heterocycles. The van der Waals surface area contributed by atoms with Crippen molar-refractivity contribution in [2.75, 3.05) is 7.11 Å². The zero-order valence-electron chi connectivity index (χ0n) is 16.2. The van der Waals surface area contributed by atoms with Gasteiger partial charge in [0.25, 0.3) is 0 Å². The number of esters is 1. The normalized spacial score (nSPS) is 13.6. The molecule has 7 heteroatoms. The minimum atomic E-state index is -0.614. The van der Waals surface area contributed by atoms with E-state index in [-0.39, 0.29) is 30.1 Å². The highest BCUT2D eigenvalue weighted by Crippen LogP contribution is 2.19. The lowest BCUT2D eigenvalue weighted by molar-refractivity contribution is -0.140. The maximum Gasteiger partial charge on any atom is 0.407 e. The molecule has 0 aliphatic rings. The number of amides is 1. The highest BCUT2D eigenvalue weighted by atomic mass is 16.6. The first-order chi connectivity index (χ1) is 12.1. The second kappa shape index (κ2) is 9.99. The SMILES string of the molecule is COC(=O)CC[C@H](NC(=O)OC(C)(C)C)[C@H](C)CCC(=O)c1ccoc1.